The molecule has 0 unspecified atom stereocenters. The fourth-order valence-corrected chi connectivity index (χ4v) is 2.21. The largest absolute Gasteiger partial charge is 0.397 e. The standard InChI is InChI=1S/C10H9NS2/c11-9-8(6-13-10(9)12)7-4-2-1-3-5-7/h1-6,12H,11H2. The second-order valence-corrected chi connectivity index (χ2v) is 4.36. The second kappa shape index (κ2) is 3.44. The summed E-state index contributed by atoms with van der Waals surface area (Å²) in [7, 11) is 0. The molecule has 0 amide bonds. The van der Waals surface area contributed by atoms with Crippen molar-refractivity contribution in [3.8, 4) is 11.1 Å². The smallest absolute Gasteiger partial charge is 0.0804 e. The minimum Gasteiger partial charge on any atom is -0.397 e. The van der Waals surface area contributed by atoms with E-state index in [2.05, 4.69) is 12.6 Å². The lowest BCUT2D eigenvalue weighted by Crippen LogP contribution is -1.85. The normalized spacial score (nSPS) is 10.2. The van der Waals surface area contributed by atoms with Gasteiger partial charge in [-0.1, -0.05) is 30.3 Å². The molecule has 1 heterocycles. The van der Waals surface area contributed by atoms with E-state index in [1.54, 1.807) is 11.3 Å². The average molecular weight is 207 g/mol. The maximum absolute atomic E-state index is 5.87. The summed E-state index contributed by atoms with van der Waals surface area (Å²) in [5, 5.41) is 2.03. The molecule has 1 aromatic heterocycles. The maximum atomic E-state index is 5.87. The highest BCUT2D eigenvalue weighted by Gasteiger charge is 2.06. The highest BCUT2D eigenvalue weighted by molar-refractivity contribution is 7.83. The molecule has 0 saturated heterocycles. The molecule has 0 radical (unpaired) electrons. The molecule has 0 bridgehead atoms. The van der Waals surface area contributed by atoms with Gasteiger partial charge >= 0.3 is 0 Å². The molecule has 2 aromatic rings. The van der Waals surface area contributed by atoms with Crippen LogP contribution in [0.1, 0.15) is 0 Å². The lowest BCUT2D eigenvalue weighted by molar-refractivity contribution is 1.63. The zero-order chi connectivity index (χ0) is 9.26. The summed E-state index contributed by atoms with van der Waals surface area (Å²) in [5.41, 5.74) is 8.87. The van der Waals surface area contributed by atoms with Gasteiger partial charge < -0.3 is 5.73 Å². The molecule has 0 spiro atoms. The third kappa shape index (κ3) is 1.57. The van der Waals surface area contributed by atoms with Gasteiger partial charge in [0.15, 0.2) is 0 Å². The molecule has 0 fully saturated rings. The van der Waals surface area contributed by atoms with Crippen LogP contribution in [0.25, 0.3) is 11.1 Å². The molecule has 0 aliphatic heterocycles. The quantitative estimate of drug-likeness (QED) is 0.689. The summed E-state index contributed by atoms with van der Waals surface area (Å²) in [4.78, 5) is 0. The fraction of sp³-hybridized carbons (Fsp3) is 0. The first kappa shape index (κ1) is 8.66. The summed E-state index contributed by atoms with van der Waals surface area (Å²) >= 11 is 5.83. The minimum absolute atomic E-state index is 0.777. The third-order valence-electron chi connectivity index (χ3n) is 1.89. The van der Waals surface area contributed by atoms with E-state index in [4.69, 9.17) is 5.73 Å². The zero-order valence-corrected chi connectivity index (χ0v) is 8.61. The average Bonchev–Trinajstić information content (AvgIpc) is 2.49. The summed E-state index contributed by atoms with van der Waals surface area (Å²) in [6.45, 7) is 0. The number of benzene rings is 1. The van der Waals surface area contributed by atoms with Crippen molar-refractivity contribution >= 4 is 29.7 Å². The SMILES string of the molecule is Nc1c(-c2ccccc2)csc1S. The summed E-state index contributed by atoms with van der Waals surface area (Å²) in [6, 6.07) is 10.1. The lowest BCUT2D eigenvalue weighted by atomic mass is 10.1. The van der Waals surface area contributed by atoms with E-state index in [1.165, 1.54) is 0 Å². The predicted molar refractivity (Wildman–Crippen MR) is 61.4 cm³/mol. The van der Waals surface area contributed by atoms with Gasteiger partial charge in [-0.2, -0.15) is 0 Å². The van der Waals surface area contributed by atoms with Crippen LogP contribution in [-0.2, 0) is 0 Å². The van der Waals surface area contributed by atoms with E-state index >= 15 is 0 Å². The van der Waals surface area contributed by atoms with Gasteiger partial charge in [0.2, 0.25) is 0 Å². The van der Waals surface area contributed by atoms with Crippen molar-refractivity contribution in [2.24, 2.45) is 0 Å². The number of nitrogen functional groups attached to an aromatic ring is 1. The van der Waals surface area contributed by atoms with Crippen LogP contribution in [0.4, 0.5) is 5.69 Å². The predicted octanol–water partition coefficient (Wildman–Crippen LogP) is 3.29. The monoisotopic (exact) mass is 207 g/mol. The molecule has 0 aliphatic rings. The van der Waals surface area contributed by atoms with Crippen molar-refractivity contribution in [1.29, 1.82) is 0 Å². The number of rotatable bonds is 1. The molecule has 13 heavy (non-hydrogen) atoms. The third-order valence-corrected chi connectivity index (χ3v) is 3.25. The van der Waals surface area contributed by atoms with Crippen molar-refractivity contribution in [3.05, 3.63) is 35.7 Å². The Bertz CT molecular complexity index is 406. The lowest BCUT2D eigenvalue weighted by Gasteiger charge is -1.98. The van der Waals surface area contributed by atoms with Gasteiger partial charge in [-0.25, -0.2) is 0 Å². The Hall–Kier alpha value is -0.930. The number of hydrogen-bond acceptors (Lipinski definition) is 3. The van der Waals surface area contributed by atoms with Crippen LogP contribution < -0.4 is 5.73 Å². The minimum atomic E-state index is 0.777. The highest BCUT2D eigenvalue weighted by Crippen LogP contribution is 2.35. The summed E-state index contributed by atoms with van der Waals surface area (Å²) in [5.74, 6) is 0. The van der Waals surface area contributed by atoms with Crippen LogP contribution in [0.5, 0.6) is 0 Å². The van der Waals surface area contributed by atoms with E-state index in [9.17, 15) is 0 Å². The summed E-state index contributed by atoms with van der Waals surface area (Å²) < 4.78 is 0.888. The zero-order valence-electron chi connectivity index (χ0n) is 6.90. The fourth-order valence-electron chi connectivity index (χ4n) is 1.20. The van der Waals surface area contributed by atoms with Crippen molar-refractivity contribution < 1.29 is 0 Å². The van der Waals surface area contributed by atoms with Gasteiger partial charge in [0.25, 0.3) is 0 Å². The Labute approximate surface area is 86.6 Å². The first-order valence-electron chi connectivity index (χ1n) is 3.90. The molecule has 66 valence electrons. The topological polar surface area (TPSA) is 26.0 Å². The molecule has 0 saturated carbocycles. The molecule has 1 aromatic carbocycles. The van der Waals surface area contributed by atoms with Gasteiger partial charge in [-0.15, -0.1) is 24.0 Å². The Kier molecular flexibility index (Phi) is 2.29. The molecule has 3 heteroatoms. The van der Waals surface area contributed by atoms with Crippen LogP contribution >= 0.6 is 24.0 Å². The number of thiophene rings is 1. The molecular weight excluding hydrogens is 198 g/mol. The number of anilines is 1. The van der Waals surface area contributed by atoms with E-state index < -0.39 is 0 Å². The van der Waals surface area contributed by atoms with E-state index in [0.717, 1.165) is 21.0 Å². The Morgan fingerprint density at radius 2 is 1.85 bits per heavy atom. The van der Waals surface area contributed by atoms with Gasteiger partial charge in [0.1, 0.15) is 0 Å². The number of nitrogens with two attached hydrogens (primary N) is 1. The van der Waals surface area contributed by atoms with Crippen molar-refractivity contribution in [1.82, 2.24) is 0 Å². The first-order chi connectivity index (χ1) is 6.29. The van der Waals surface area contributed by atoms with Crippen molar-refractivity contribution in [2.45, 2.75) is 4.21 Å². The van der Waals surface area contributed by atoms with Gasteiger partial charge in [-0.3, -0.25) is 0 Å². The van der Waals surface area contributed by atoms with Crippen LogP contribution in [-0.4, -0.2) is 0 Å². The van der Waals surface area contributed by atoms with Crippen LogP contribution in [0.3, 0.4) is 0 Å². The molecule has 2 N–H and O–H groups in total. The van der Waals surface area contributed by atoms with Gasteiger partial charge in [0, 0.05) is 10.9 Å². The van der Waals surface area contributed by atoms with Gasteiger partial charge in [0.05, 0.1) is 9.90 Å². The molecular formula is C10H9NS2. The Balaban J connectivity index is 2.53. The van der Waals surface area contributed by atoms with Crippen molar-refractivity contribution in [2.75, 3.05) is 5.73 Å². The Morgan fingerprint density at radius 3 is 2.38 bits per heavy atom. The van der Waals surface area contributed by atoms with E-state index in [1.807, 2.05) is 35.7 Å². The summed E-state index contributed by atoms with van der Waals surface area (Å²) in [6.07, 6.45) is 0. The van der Waals surface area contributed by atoms with Crippen LogP contribution in [0.2, 0.25) is 0 Å². The molecule has 2 rings (SSSR count). The van der Waals surface area contributed by atoms with E-state index in [0.29, 0.717) is 0 Å². The Morgan fingerprint density at radius 1 is 1.15 bits per heavy atom. The first-order valence-corrected chi connectivity index (χ1v) is 5.23. The highest BCUT2D eigenvalue weighted by atomic mass is 32.2. The number of hydrogen-bond donors (Lipinski definition) is 2. The molecule has 0 aliphatic carbocycles. The van der Waals surface area contributed by atoms with Gasteiger partial charge in [-0.05, 0) is 5.56 Å². The van der Waals surface area contributed by atoms with E-state index in [-0.39, 0.29) is 0 Å². The maximum Gasteiger partial charge on any atom is 0.0804 e. The second-order valence-electron chi connectivity index (χ2n) is 2.73. The van der Waals surface area contributed by atoms with Crippen LogP contribution in [0, 0.1) is 0 Å². The van der Waals surface area contributed by atoms with Crippen molar-refractivity contribution in [3.63, 3.8) is 0 Å². The number of thiol groups is 1. The van der Waals surface area contributed by atoms with Crippen LogP contribution in [0.15, 0.2) is 39.9 Å². The molecule has 1 nitrogen and oxygen atoms in total. The molecule has 0 atom stereocenters.